The summed E-state index contributed by atoms with van der Waals surface area (Å²) in [6.45, 7) is 0.216. The number of nitrogens with one attached hydrogen (secondary N) is 2. The molecule has 1 aromatic heterocycles. The number of anilines is 2. The van der Waals surface area contributed by atoms with Gasteiger partial charge in [0.15, 0.2) is 0 Å². The van der Waals surface area contributed by atoms with E-state index in [1.54, 1.807) is 6.07 Å². The van der Waals surface area contributed by atoms with E-state index in [9.17, 15) is 22.4 Å². The van der Waals surface area contributed by atoms with Crippen LogP contribution in [0.3, 0.4) is 0 Å². The quantitative estimate of drug-likeness (QED) is 0.658. The molecule has 1 amide bonds. The van der Waals surface area contributed by atoms with Crippen molar-refractivity contribution in [1.82, 2.24) is 10.3 Å². The van der Waals surface area contributed by atoms with E-state index >= 15 is 0 Å². The maximum absolute atomic E-state index is 13.0. The van der Waals surface area contributed by atoms with E-state index in [1.165, 1.54) is 12.3 Å². The average Bonchev–Trinajstić information content (AvgIpc) is 2.47. The Morgan fingerprint density at radius 2 is 1.95 bits per heavy atom. The van der Waals surface area contributed by atoms with Gasteiger partial charge < -0.3 is 10.6 Å². The summed E-state index contributed by atoms with van der Waals surface area (Å²) in [5, 5.41) is 4.97. The molecule has 0 saturated carbocycles. The highest BCUT2D eigenvalue weighted by atomic mass is 19.4. The second-order valence-corrected chi connectivity index (χ2v) is 4.35. The maximum atomic E-state index is 13.0. The zero-order chi connectivity index (χ0) is 16.2. The summed E-state index contributed by atoms with van der Waals surface area (Å²) in [5.74, 6) is -0.966. The largest absolute Gasteiger partial charge is 0.418 e. The highest BCUT2D eigenvalue weighted by Crippen LogP contribution is 2.36. The fourth-order valence-corrected chi connectivity index (χ4v) is 1.76. The molecule has 4 nitrogen and oxygen atoms in total. The predicted molar refractivity (Wildman–Crippen MR) is 71.8 cm³/mol. The molecule has 0 fully saturated rings. The lowest BCUT2D eigenvalue weighted by molar-refractivity contribution is -0.137. The fraction of sp³-hybridized carbons (Fsp3) is 0.143. The summed E-state index contributed by atoms with van der Waals surface area (Å²) in [5.41, 5.74) is -0.506. The minimum Gasteiger partial charge on any atom is -0.354 e. The molecular formula is C14H11F4N3O. The molecule has 116 valence electrons. The number of carbonyl (C=O) groups is 1. The van der Waals surface area contributed by atoms with E-state index in [4.69, 9.17) is 0 Å². The van der Waals surface area contributed by atoms with Crippen LogP contribution in [0.15, 0.2) is 36.5 Å². The number of benzene rings is 1. The van der Waals surface area contributed by atoms with Crippen molar-refractivity contribution < 1.29 is 22.4 Å². The topological polar surface area (TPSA) is 54.0 Å². The van der Waals surface area contributed by atoms with Gasteiger partial charge in [0.05, 0.1) is 35.4 Å². The number of carbonyl (C=O) groups excluding carboxylic acids is 1. The van der Waals surface area contributed by atoms with Crippen LogP contribution in [0.25, 0.3) is 0 Å². The van der Waals surface area contributed by atoms with Gasteiger partial charge in [-0.3, -0.25) is 9.78 Å². The normalized spacial score (nSPS) is 11.1. The Kier molecular flexibility index (Phi) is 4.59. The van der Waals surface area contributed by atoms with Crippen LogP contribution in [-0.4, -0.2) is 11.4 Å². The van der Waals surface area contributed by atoms with Crippen molar-refractivity contribution in [2.45, 2.75) is 12.7 Å². The van der Waals surface area contributed by atoms with Crippen molar-refractivity contribution in [3.05, 3.63) is 53.6 Å². The molecule has 2 rings (SSSR count). The molecule has 1 aromatic carbocycles. The summed E-state index contributed by atoms with van der Waals surface area (Å²) in [7, 11) is 0. The minimum absolute atomic E-state index is 0.216. The molecule has 1 heterocycles. The number of alkyl halides is 3. The first-order valence-corrected chi connectivity index (χ1v) is 6.16. The molecule has 0 radical (unpaired) electrons. The van der Waals surface area contributed by atoms with Crippen LogP contribution in [0, 0.1) is 5.82 Å². The first kappa shape index (κ1) is 15.7. The molecule has 8 heteroatoms. The predicted octanol–water partition coefficient (Wildman–Crippen LogP) is 3.23. The van der Waals surface area contributed by atoms with Crippen LogP contribution in [0.5, 0.6) is 0 Å². The molecular weight excluding hydrogens is 302 g/mol. The van der Waals surface area contributed by atoms with Gasteiger partial charge in [0.2, 0.25) is 6.41 Å². The first-order chi connectivity index (χ1) is 10.4. The Balaban J connectivity index is 2.22. The Morgan fingerprint density at radius 3 is 2.55 bits per heavy atom. The highest BCUT2D eigenvalue weighted by Gasteiger charge is 2.34. The van der Waals surface area contributed by atoms with Gasteiger partial charge in [-0.15, -0.1) is 0 Å². The van der Waals surface area contributed by atoms with Gasteiger partial charge in [0, 0.05) is 0 Å². The van der Waals surface area contributed by atoms with Gasteiger partial charge >= 0.3 is 6.18 Å². The highest BCUT2D eigenvalue weighted by molar-refractivity contribution is 5.63. The van der Waals surface area contributed by atoms with Gasteiger partial charge in [-0.1, -0.05) is 0 Å². The van der Waals surface area contributed by atoms with E-state index in [1.807, 2.05) is 0 Å². The van der Waals surface area contributed by atoms with Crippen molar-refractivity contribution in [3.8, 4) is 0 Å². The Morgan fingerprint density at radius 1 is 1.18 bits per heavy atom. The average molecular weight is 313 g/mol. The van der Waals surface area contributed by atoms with Gasteiger partial charge in [-0.2, -0.15) is 13.2 Å². The molecule has 0 spiro atoms. The zero-order valence-electron chi connectivity index (χ0n) is 11.1. The smallest absolute Gasteiger partial charge is 0.354 e. The molecule has 2 N–H and O–H groups in total. The number of hydrogen-bond donors (Lipinski definition) is 2. The number of nitrogens with zero attached hydrogens (tertiary/aromatic N) is 1. The number of pyridine rings is 1. The van der Waals surface area contributed by atoms with Crippen LogP contribution in [0.4, 0.5) is 28.9 Å². The Hall–Kier alpha value is -2.64. The lowest BCUT2D eigenvalue weighted by atomic mass is 10.1. The van der Waals surface area contributed by atoms with Crippen LogP contribution in [-0.2, 0) is 17.5 Å². The number of halogens is 4. The number of amides is 1. The summed E-state index contributed by atoms with van der Waals surface area (Å²) in [4.78, 5) is 14.1. The molecule has 0 aliphatic rings. The molecule has 2 aromatic rings. The van der Waals surface area contributed by atoms with E-state index in [0.717, 1.165) is 12.1 Å². The van der Waals surface area contributed by atoms with Crippen molar-refractivity contribution in [3.63, 3.8) is 0 Å². The summed E-state index contributed by atoms with van der Waals surface area (Å²) in [6, 6.07) is 5.44. The zero-order valence-corrected chi connectivity index (χ0v) is 11.1. The third-order valence-electron chi connectivity index (χ3n) is 2.76. The van der Waals surface area contributed by atoms with Crippen LogP contribution in [0.1, 0.15) is 11.3 Å². The maximum Gasteiger partial charge on any atom is 0.418 e. The van der Waals surface area contributed by atoms with Gasteiger partial charge in [0.25, 0.3) is 0 Å². The summed E-state index contributed by atoms with van der Waals surface area (Å²) >= 11 is 0. The molecule has 0 bridgehead atoms. The minimum atomic E-state index is -4.67. The number of rotatable bonds is 5. The Labute approximate surface area is 123 Å². The van der Waals surface area contributed by atoms with Crippen molar-refractivity contribution in [2.24, 2.45) is 0 Å². The van der Waals surface area contributed by atoms with Gasteiger partial charge in [-0.25, -0.2) is 4.39 Å². The summed E-state index contributed by atoms with van der Waals surface area (Å²) < 4.78 is 51.6. The lowest BCUT2D eigenvalue weighted by Crippen LogP contribution is -2.11. The fourth-order valence-electron chi connectivity index (χ4n) is 1.76. The molecule has 0 aliphatic carbocycles. The van der Waals surface area contributed by atoms with Crippen molar-refractivity contribution in [2.75, 3.05) is 5.32 Å². The van der Waals surface area contributed by atoms with E-state index in [0.29, 0.717) is 23.9 Å². The van der Waals surface area contributed by atoms with Crippen LogP contribution < -0.4 is 10.6 Å². The Bertz CT molecular complexity index is 656. The third-order valence-corrected chi connectivity index (χ3v) is 2.76. The van der Waals surface area contributed by atoms with Crippen molar-refractivity contribution >= 4 is 17.8 Å². The standard InChI is InChI=1S/C14H11F4N3O/c15-9-1-4-13(12(5-9)14(16,17)18)21-11-3-2-10(20-7-11)6-19-8-22/h1-5,7-8,21H,6H2,(H,19,22). The second kappa shape index (κ2) is 6.42. The molecule has 0 aliphatic heterocycles. The van der Waals surface area contributed by atoms with E-state index < -0.39 is 17.6 Å². The van der Waals surface area contributed by atoms with E-state index in [-0.39, 0.29) is 12.2 Å². The monoisotopic (exact) mass is 313 g/mol. The van der Waals surface area contributed by atoms with Crippen LogP contribution in [0.2, 0.25) is 0 Å². The number of hydrogen-bond acceptors (Lipinski definition) is 3. The summed E-state index contributed by atoms with van der Waals surface area (Å²) in [6.07, 6.45) is -2.83. The van der Waals surface area contributed by atoms with Gasteiger partial charge in [0.1, 0.15) is 5.82 Å². The lowest BCUT2D eigenvalue weighted by Gasteiger charge is -2.14. The SMILES string of the molecule is O=CNCc1ccc(Nc2ccc(F)cc2C(F)(F)F)cn1. The molecule has 0 unspecified atom stereocenters. The molecule has 0 atom stereocenters. The van der Waals surface area contributed by atoms with Crippen molar-refractivity contribution in [1.29, 1.82) is 0 Å². The van der Waals surface area contributed by atoms with Crippen LogP contribution >= 0.6 is 0 Å². The number of aromatic nitrogens is 1. The first-order valence-electron chi connectivity index (χ1n) is 6.16. The van der Waals surface area contributed by atoms with E-state index in [2.05, 4.69) is 15.6 Å². The third kappa shape index (κ3) is 3.94. The van der Waals surface area contributed by atoms with Gasteiger partial charge in [-0.05, 0) is 30.3 Å². The molecule has 22 heavy (non-hydrogen) atoms. The second-order valence-electron chi connectivity index (χ2n) is 4.35. The molecule has 0 saturated heterocycles.